The number of methoxy groups -OCH3 is 1. The first-order valence-corrected chi connectivity index (χ1v) is 7.43. The monoisotopic (exact) mass is 290 g/mol. The van der Waals surface area contributed by atoms with E-state index in [-0.39, 0.29) is 19.1 Å². The van der Waals surface area contributed by atoms with Gasteiger partial charge in [-0.2, -0.15) is 4.31 Å². The first-order chi connectivity index (χ1) is 8.89. The van der Waals surface area contributed by atoms with Gasteiger partial charge in [0, 0.05) is 26.4 Å². The molecule has 0 saturated heterocycles. The standard InChI is InChI=1S/C12H19FN2O3S/c1-10(2)9-15(7-8-18-3)19(16,17)12-11(13)5-4-6-14-12/h4-6,10H,7-9H2,1-3H3. The lowest BCUT2D eigenvalue weighted by molar-refractivity contribution is 0.175. The molecule has 0 aliphatic rings. The third-order valence-electron chi connectivity index (χ3n) is 2.42. The molecule has 0 aliphatic carbocycles. The van der Waals surface area contributed by atoms with Crippen LogP contribution in [0.3, 0.4) is 0 Å². The van der Waals surface area contributed by atoms with E-state index in [1.165, 1.54) is 23.7 Å². The highest BCUT2D eigenvalue weighted by atomic mass is 32.2. The minimum absolute atomic E-state index is 0.124. The van der Waals surface area contributed by atoms with Gasteiger partial charge in [-0.05, 0) is 18.1 Å². The number of rotatable bonds is 7. The molecule has 108 valence electrons. The second-order valence-electron chi connectivity index (χ2n) is 4.54. The van der Waals surface area contributed by atoms with Crippen LogP contribution in [0.2, 0.25) is 0 Å². The van der Waals surface area contributed by atoms with Crippen molar-refractivity contribution in [1.29, 1.82) is 0 Å². The van der Waals surface area contributed by atoms with Crippen LogP contribution in [0.25, 0.3) is 0 Å². The summed E-state index contributed by atoms with van der Waals surface area (Å²) in [5, 5.41) is -0.535. The zero-order valence-corrected chi connectivity index (χ0v) is 12.2. The summed E-state index contributed by atoms with van der Waals surface area (Å²) in [6.07, 6.45) is 1.26. The summed E-state index contributed by atoms with van der Waals surface area (Å²) in [5.74, 6) is -0.716. The zero-order chi connectivity index (χ0) is 14.5. The SMILES string of the molecule is COCCN(CC(C)C)S(=O)(=O)c1ncccc1F. The van der Waals surface area contributed by atoms with Gasteiger partial charge in [-0.25, -0.2) is 17.8 Å². The Balaban J connectivity index is 3.08. The molecule has 0 fully saturated rings. The molecule has 1 aromatic heterocycles. The maximum atomic E-state index is 13.6. The molecule has 0 radical (unpaired) electrons. The Morgan fingerprint density at radius 3 is 2.68 bits per heavy atom. The molecule has 1 rings (SSSR count). The van der Waals surface area contributed by atoms with Crippen molar-refractivity contribution in [2.75, 3.05) is 26.8 Å². The average Bonchev–Trinajstić information content (AvgIpc) is 2.34. The molecule has 5 nitrogen and oxygen atoms in total. The van der Waals surface area contributed by atoms with Crippen LogP contribution < -0.4 is 0 Å². The van der Waals surface area contributed by atoms with Crippen LogP contribution in [0, 0.1) is 11.7 Å². The number of ether oxygens (including phenoxy) is 1. The Bertz CT molecular complexity index is 505. The molecule has 0 N–H and O–H groups in total. The maximum Gasteiger partial charge on any atom is 0.263 e. The fourth-order valence-electron chi connectivity index (χ4n) is 1.59. The Kier molecular flexibility index (Phi) is 5.84. The lowest BCUT2D eigenvalue weighted by Gasteiger charge is -2.23. The number of aromatic nitrogens is 1. The van der Waals surface area contributed by atoms with Gasteiger partial charge >= 0.3 is 0 Å². The molecule has 0 aliphatic heterocycles. The van der Waals surface area contributed by atoms with E-state index in [4.69, 9.17) is 4.74 Å². The van der Waals surface area contributed by atoms with Gasteiger partial charge in [-0.1, -0.05) is 13.8 Å². The topological polar surface area (TPSA) is 59.5 Å². The normalized spacial score (nSPS) is 12.3. The van der Waals surface area contributed by atoms with Crippen LogP contribution in [-0.2, 0) is 14.8 Å². The number of hydrogen-bond donors (Lipinski definition) is 0. The molecule has 19 heavy (non-hydrogen) atoms. The minimum Gasteiger partial charge on any atom is -0.383 e. The molecule has 7 heteroatoms. The molecular formula is C12H19FN2O3S. The van der Waals surface area contributed by atoms with Gasteiger partial charge in [0.05, 0.1) is 6.61 Å². The van der Waals surface area contributed by atoms with Crippen molar-refractivity contribution in [2.24, 2.45) is 5.92 Å². The molecule has 0 aromatic carbocycles. The predicted molar refractivity (Wildman–Crippen MR) is 69.7 cm³/mol. The van der Waals surface area contributed by atoms with Gasteiger partial charge in [0.15, 0.2) is 5.82 Å². The lowest BCUT2D eigenvalue weighted by atomic mass is 10.2. The van der Waals surface area contributed by atoms with Crippen molar-refractivity contribution >= 4 is 10.0 Å². The highest BCUT2D eigenvalue weighted by molar-refractivity contribution is 7.89. The van der Waals surface area contributed by atoms with E-state index in [2.05, 4.69) is 4.98 Å². The van der Waals surface area contributed by atoms with Gasteiger partial charge in [0.1, 0.15) is 0 Å². The summed E-state index contributed by atoms with van der Waals surface area (Å²) in [5.41, 5.74) is 0. The van der Waals surface area contributed by atoms with Gasteiger partial charge in [0.25, 0.3) is 10.0 Å². The van der Waals surface area contributed by atoms with Crippen LogP contribution in [-0.4, -0.2) is 44.5 Å². The number of hydrogen-bond acceptors (Lipinski definition) is 4. The molecule has 0 saturated carbocycles. The third-order valence-corrected chi connectivity index (χ3v) is 4.22. The van der Waals surface area contributed by atoms with E-state index in [1.54, 1.807) is 0 Å². The van der Waals surface area contributed by atoms with E-state index in [9.17, 15) is 12.8 Å². The smallest absolute Gasteiger partial charge is 0.263 e. The Hall–Kier alpha value is -1.05. The Labute approximate surface area is 113 Å². The summed E-state index contributed by atoms with van der Waals surface area (Å²) in [6.45, 7) is 4.50. The van der Waals surface area contributed by atoms with Crippen molar-refractivity contribution in [3.63, 3.8) is 0 Å². The highest BCUT2D eigenvalue weighted by Gasteiger charge is 2.28. The fraction of sp³-hybridized carbons (Fsp3) is 0.583. The van der Waals surface area contributed by atoms with E-state index in [0.717, 1.165) is 6.07 Å². The van der Waals surface area contributed by atoms with Crippen molar-refractivity contribution in [3.8, 4) is 0 Å². The van der Waals surface area contributed by atoms with Crippen LogP contribution in [0.1, 0.15) is 13.8 Å². The second-order valence-corrected chi connectivity index (χ2v) is 6.39. The second kappa shape index (κ2) is 6.93. The Morgan fingerprint density at radius 1 is 1.47 bits per heavy atom. The molecule has 1 aromatic rings. The zero-order valence-electron chi connectivity index (χ0n) is 11.3. The molecule has 0 unspecified atom stereocenters. The van der Waals surface area contributed by atoms with E-state index < -0.39 is 20.9 Å². The minimum atomic E-state index is -3.93. The molecule has 0 atom stereocenters. The van der Waals surface area contributed by atoms with Gasteiger partial charge in [-0.15, -0.1) is 0 Å². The van der Waals surface area contributed by atoms with Gasteiger partial charge < -0.3 is 4.74 Å². The summed E-state index contributed by atoms with van der Waals surface area (Å²) in [6, 6.07) is 2.44. The number of sulfonamides is 1. The fourth-order valence-corrected chi connectivity index (χ4v) is 3.16. The van der Waals surface area contributed by atoms with Crippen LogP contribution in [0.4, 0.5) is 4.39 Å². The van der Waals surface area contributed by atoms with E-state index in [1.807, 2.05) is 13.8 Å². The first kappa shape index (κ1) is 16.0. The van der Waals surface area contributed by atoms with E-state index >= 15 is 0 Å². The number of nitrogens with zero attached hydrogens (tertiary/aromatic N) is 2. The maximum absolute atomic E-state index is 13.6. The summed E-state index contributed by atoms with van der Waals surface area (Å²) < 4.78 is 44.4. The number of pyridine rings is 1. The van der Waals surface area contributed by atoms with Crippen LogP contribution in [0.5, 0.6) is 0 Å². The largest absolute Gasteiger partial charge is 0.383 e. The molecule has 0 bridgehead atoms. The first-order valence-electron chi connectivity index (χ1n) is 5.99. The molecular weight excluding hydrogens is 271 g/mol. The predicted octanol–water partition coefficient (Wildman–Crippen LogP) is 1.51. The Morgan fingerprint density at radius 2 is 2.16 bits per heavy atom. The summed E-state index contributed by atoms with van der Waals surface area (Å²) >= 11 is 0. The molecule has 0 spiro atoms. The number of halogens is 1. The van der Waals surface area contributed by atoms with Crippen molar-refractivity contribution in [3.05, 3.63) is 24.1 Å². The average molecular weight is 290 g/mol. The lowest BCUT2D eigenvalue weighted by Crippen LogP contribution is -2.37. The summed E-state index contributed by atoms with van der Waals surface area (Å²) in [7, 11) is -2.44. The quantitative estimate of drug-likeness (QED) is 0.764. The van der Waals surface area contributed by atoms with Crippen LogP contribution >= 0.6 is 0 Å². The van der Waals surface area contributed by atoms with Gasteiger partial charge in [-0.3, -0.25) is 0 Å². The van der Waals surface area contributed by atoms with Gasteiger partial charge in [0.2, 0.25) is 5.03 Å². The third kappa shape index (κ3) is 4.22. The van der Waals surface area contributed by atoms with Crippen molar-refractivity contribution < 1.29 is 17.5 Å². The molecule has 0 amide bonds. The van der Waals surface area contributed by atoms with Crippen molar-refractivity contribution in [2.45, 2.75) is 18.9 Å². The molecule has 1 heterocycles. The summed E-state index contributed by atoms with van der Waals surface area (Å²) in [4.78, 5) is 3.64. The van der Waals surface area contributed by atoms with Crippen LogP contribution in [0.15, 0.2) is 23.4 Å². The van der Waals surface area contributed by atoms with E-state index in [0.29, 0.717) is 6.54 Å². The van der Waals surface area contributed by atoms with Crippen molar-refractivity contribution in [1.82, 2.24) is 9.29 Å². The highest BCUT2D eigenvalue weighted by Crippen LogP contribution is 2.17.